The van der Waals surface area contributed by atoms with Crippen LogP contribution < -0.4 is 11.3 Å². The zero-order valence-electron chi connectivity index (χ0n) is 14.8. The summed E-state index contributed by atoms with van der Waals surface area (Å²) in [4.78, 5) is 16.1. The fraction of sp³-hybridized carbons (Fsp3) is 0.286. The molecular weight excluding hydrogens is 324 g/mol. The smallest absolute Gasteiger partial charge is 0.248 e. The summed E-state index contributed by atoms with van der Waals surface area (Å²) in [5.74, 6) is 5.06. The molecule has 3 aromatic rings. The Kier molecular flexibility index (Phi) is 4.84. The number of carbonyl (C=O) groups is 1. The van der Waals surface area contributed by atoms with E-state index in [1.165, 1.54) is 27.1 Å². The van der Waals surface area contributed by atoms with Gasteiger partial charge in [-0.15, -0.1) is 0 Å². The molecule has 4 rings (SSSR count). The van der Waals surface area contributed by atoms with Crippen molar-refractivity contribution in [3.8, 4) is 0 Å². The Morgan fingerprint density at radius 1 is 0.885 bits per heavy atom. The number of nitrogens with two attached hydrogens (primary N) is 1. The molecule has 5 nitrogen and oxygen atoms in total. The van der Waals surface area contributed by atoms with Gasteiger partial charge in [-0.2, -0.15) is 0 Å². The van der Waals surface area contributed by atoms with Crippen molar-refractivity contribution in [3.05, 3.63) is 60.2 Å². The molecule has 0 saturated carbocycles. The van der Waals surface area contributed by atoms with Crippen molar-refractivity contribution < 1.29 is 4.79 Å². The first kappa shape index (κ1) is 17.0. The highest BCUT2D eigenvalue weighted by Gasteiger charge is 2.20. The highest BCUT2D eigenvalue weighted by Crippen LogP contribution is 2.29. The second-order valence-corrected chi connectivity index (χ2v) is 6.92. The van der Waals surface area contributed by atoms with Crippen molar-refractivity contribution in [1.82, 2.24) is 15.2 Å². The van der Waals surface area contributed by atoms with Crippen molar-refractivity contribution in [2.24, 2.45) is 5.84 Å². The predicted molar refractivity (Wildman–Crippen MR) is 106 cm³/mol. The fourth-order valence-electron chi connectivity index (χ4n) is 3.86. The van der Waals surface area contributed by atoms with E-state index >= 15 is 0 Å². The quantitative estimate of drug-likeness (QED) is 0.328. The van der Waals surface area contributed by atoms with Crippen LogP contribution in [0.2, 0.25) is 0 Å². The Bertz CT molecular complexity index is 878. The highest BCUT2D eigenvalue weighted by molar-refractivity contribution is 6.02. The Balaban J connectivity index is 1.58. The van der Waals surface area contributed by atoms with E-state index < -0.39 is 0 Å². The topological polar surface area (TPSA) is 61.6 Å². The van der Waals surface area contributed by atoms with Crippen LogP contribution in [0, 0.1) is 0 Å². The fourth-order valence-corrected chi connectivity index (χ4v) is 3.86. The van der Waals surface area contributed by atoms with E-state index in [1.807, 2.05) is 0 Å². The van der Waals surface area contributed by atoms with Gasteiger partial charge in [0.1, 0.15) is 0 Å². The van der Waals surface area contributed by atoms with Gasteiger partial charge in [0, 0.05) is 32.7 Å². The Hall–Kier alpha value is -2.47. The maximum Gasteiger partial charge on any atom is 0.248 e. The first-order valence-electron chi connectivity index (χ1n) is 9.08. The molecule has 3 aromatic carbocycles. The van der Waals surface area contributed by atoms with Gasteiger partial charge in [0.2, 0.25) is 5.91 Å². The average molecular weight is 348 g/mol. The summed E-state index contributed by atoms with van der Waals surface area (Å²) in [5, 5.41) is 5.24. The first-order valence-corrected chi connectivity index (χ1v) is 9.08. The normalized spacial score (nSPS) is 16.2. The molecule has 0 atom stereocenters. The van der Waals surface area contributed by atoms with Crippen LogP contribution in [-0.4, -0.2) is 48.4 Å². The molecule has 1 aliphatic rings. The molecule has 1 aliphatic heterocycles. The number of hydrazine groups is 1. The number of hydrogen-bond acceptors (Lipinski definition) is 4. The number of piperazine rings is 1. The number of rotatable bonds is 4. The monoisotopic (exact) mass is 348 g/mol. The molecule has 0 spiro atoms. The van der Waals surface area contributed by atoms with Gasteiger partial charge in [0.05, 0.1) is 6.54 Å². The Labute approximate surface area is 153 Å². The van der Waals surface area contributed by atoms with Crippen LogP contribution in [0.4, 0.5) is 0 Å². The van der Waals surface area contributed by atoms with E-state index in [4.69, 9.17) is 5.84 Å². The van der Waals surface area contributed by atoms with Gasteiger partial charge in [0.25, 0.3) is 0 Å². The van der Waals surface area contributed by atoms with Gasteiger partial charge in [-0.25, -0.2) is 5.84 Å². The molecule has 1 saturated heterocycles. The number of benzene rings is 3. The Morgan fingerprint density at radius 3 is 2.00 bits per heavy atom. The lowest BCUT2D eigenvalue weighted by molar-refractivity contribution is -0.122. The molecule has 0 aliphatic carbocycles. The summed E-state index contributed by atoms with van der Waals surface area (Å²) in [6.45, 7) is 4.98. The van der Waals surface area contributed by atoms with Crippen LogP contribution >= 0.6 is 0 Å². The molecule has 26 heavy (non-hydrogen) atoms. The second-order valence-electron chi connectivity index (χ2n) is 6.92. The van der Waals surface area contributed by atoms with E-state index in [9.17, 15) is 4.79 Å². The molecular formula is C21H24N4O. The summed E-state index contributed by atoms with van der Waals surface area (Å²) >= 11 is 0. The van der Waals surface area contributed by atoms with Crippen LogP contribution in [0.3, 0.4) is 0 Å². The summed E-state index contributed by atoms with van der Waals surface area (Å²) in [7, 11) is 0. The van der Waals surface area contributed by atoms with Crippen molar-refractivity contribution in [3.63, 3.8) is 0 Å². The largest absolute Gasteiger partial charge is 0.296 e. The number of nitrogens with one attached hydrogen (secondary N) is 1. The van der Waals surface area contributed by atoms with E-state index in [1.54, 1.807) is 0 Å². The van der Waals surface area contributed by atoms with Gasteiger partial charge in [-0.1, -0.05) is 48.5 Å². The summed E-state index contributed by atoms with van der Waals surface area (Å²) in [5.41, 5.74) is 3.60. The van der Waals surface area contributed by atoms with E-state index in [0.29, 0.717) is 6.54 Å². The van der Waals surface area contributed by atoms with E-state index in [0.717, 1.165) is 32.7 Å². The summed E-state index contributed by atoms with van der Waals surface area (Å²) < 4.78 is 0. The molecule has 0 unspecified atom stereocenters. The van der Waals surface area contributed by atoms with Crippen LogP contribution in [0.25, 0.3) is 21.5 Å². The van der Waals surface area contributed by atoms with Gasteiger partial charge in [-0.05, 0) is 33.2 Å². The molecule has 1 heterocycles. The third kappa shape index (κ3) is 3.42. The molecule has 0 aromatic heterocycles. The minimum Gasteiger partial charge on any atom is -0.296 e. The van der Waals surface area contributed by atoms with Crippen molar-refractivity contribution >= 4 is 27.5 Å². The molecule has 5 heteroatoms. The minimum atomic E-state index is -0.126. The third-order valence-electron chi connectivity index (χ3n) is 5.26. The predicted octanol–water partition coefficient (Wildman–Crippen LogP) is 2.10. The van der Waals surface area contributed by atoms with Crippen LogP contribution in [0.1, 0.15) is 5.56 Å². The zero-order chi connectivity index (χ0) is 17.9. The van der Waals surface area contributed by atoms with Crippen molar-refractivity contribution in [1.29, 1.82) is 0 Å². The SMILES string of the molecule is NNC(=O)CN1CCN(Cc2c3ccccc3cc3ccccc23)CC1. The van der Waals surface area contributed by atoms with E-state index in [2.05, 4.69) is 69.8 Å². The van der Waals surface area contributed by atoms with E-state index in [-0.39, 0.29) is 5.91 Å². The van der Waals surface area contributed by atoms with Gasteiger partial charge < -0.3 is 0 Å². The molecule has 134 valence electrons. The molecule has 0 bridgehead atoms. The van der Waals surface area contributed by atoms with Crippen LogP contribution in [-0.2, 0) is 11.3 Å². The lowest BCUT2D eigenvalue weighted by Gasteiger charge is -2.34. The number of amides is 1. The molecule has 1 amide bonds. The lowest BCUT2D eigenvalue weighted by Crippen LogP contribution is -2.49. The number of nitrogens with zero attached hydrogens (tertiary/aromatic N) is 2. The first-order chi connectivity index (χ1) is 12.7. The molecule has 0 radical (unpaired) electrons. The van der Waals surface area contributed by atoms with Gasteiger partial charge >= 0.3 is 0 Å². The maximum absolute atomic E-state index is 11.5. The van der Waals surface area contributed by atoms with Crippen LogP contribution in [0.15, 0.2) is 54.6 Å². The lowest BCUT2D eigenvalue weighted by atomic mass is 9.96. The van der Waals surface area contributed by atoms with Crippen molar-refractivity contribution in [2.45, 2.75) is 6.54 Å². The summed E-state index contributed by atoms with van der Waals surface area (Å²) in [6, 6.07) is 19.5. The van der Waals surface area contributed by atoms with Gasteiger partial charge in [0.15, 0.2) is 0 Å². The standard InChI is InChI=1S/C21H24N4O/c22-23-21(26)15-25-11-9-24(10-12-25)14-20-18-7-3-1-5-16(18)13-17-6-2-4-8-19(17)20/h1-8,13H,9-12,14-15,22H2,(H,23,26). The molecule has 1 fully saturated rings. The zero-order valence-corrected chi connectivity index (χ0v) is 14.8. The number of carbonyl (C=O) groups excluding carboxylic acids is 1. The van der Waals surface area contributed by atoms with Crippen LogP contribution in [0.5, 0.6) is 0 Å². The average Bonchev–Trinajstić information content (AvgIpc) is 2.69. The number of hydrogen-bond donors (Lipinski definition) is 2. The Morgan fingerprint density at radius 2 is 1.42 bits per heavy atom. The second kappa shape index (κ2) is 7.41. The third-order valence-corrected chi connectivity index (χ3v) is 5.26. The van der Waals surface area contributed by atoms with Gasteiger partial charge in [-0.3, -0.25) is 20.0 Å². The number of fused-ring (bicyclic) bond motifs is 2. The molecule has 3 N–H and O–H groups in total. The summed E-state index contributed by atoms with van der Waals surface area (Å²) in [6.07, 6.45) is 0. The maximum atomic E-state index is 11.5. The highest BCUT2D eigenvalue weighted by atomic mass is 16.2. The minimum absolute atomic E-state index is 0.126. The van der Waals surface area contributed by atoms with Crippen molar-refractivity contribution in [2.75, 3.05) is 32.7 Å².